The Morgan fingerprint density at radius 3 is 2.00 bits per heavy atom. The Morgan fingerprint density at radius 2 is 1.48 bits per heavy atom. The molecule has 1 aromatic heterocycles. The summed E-state index contributed by atoms with van der Waals surface area (Å²) in [6.07, 6.45) is 3.20. The van der Waals surface area contributed by atoms with Crippen LogP contribution in [0.4, 0.5) is 13.2 Å². The number of allylic oxidation sites excluding steroid dienone is 2. The zero-order valence-corrected chi connectivity index (χ0v) is 22.6. The molecular formula is C32H29F3N2O3. The van der Waals surface area contributed by atoms with Gasteiger partial charge in [-0.2, -0.15) is 13.2 Å². The Labute approximate surface area is 229 Å². The van der Waals surface area contributed by atoms with Crippen LogP contribution in [0.3, 0.4) is 0 Å². The summed E-state index contributed by atoms with van der Waals surface area (Å²) in [5.74, 6) is -2.73. The number of hydrogen-bond donors (Lipinski definition) is 2. The first-order valence-electron chi connectivity index (χ1n) is 12.9. The van der Waals surface area contributed by atoms with Gasteiger partial charge in [0.05, 0.1) is 11.4 Å². The molecule has 2 N–H and O–H groups in total. The number of carbonyl (C=O) groups is 2. The average Bonchev–Trinajstić information content (AvgIpc) is 3.37. The van der Waals surface area contributed by atoms with Gasteiger partial charge in [0.2, 0.25) is 0 Å². The van der Waals surface area contributed by atoms with Gasteiger partial charge in [-0.05, 0) is 90.4 Å². The minimum Gasteiger partial charge on any atom is -0.475 e. The molecule has 5 rings (SSSR count). The molecule has 3 heterocycles. The fourth-order valence-corrected chi connectivity index (χ4v) is 4.90. The van der Waals surface area contributed by atoms with E-state index in [1.807, 2.05) is 48.5 Å². The predicted octanol–water partition coefficient (Wildman–Crippen LogP) is 5.89. The highest BCUT2D eigenvalue weighted by Gasteiger charge is 2.38. The van der Waals surface area contributed by atoms with Crippen molar-refractivity contribution in [1.82, 2.24) is 4.98 Å². The third-order valence-electron chi connectivity index (χ3n) is 6.98. The third-order valence-corrected chi connectivity index (χ3v) is 6.98. The standard InChI is InChI=1S/C30H28N2O.C2HF3O2/c1-5-24-18(3)26-15-20-9-7-11-22(13-20)30(33)23-12-8-10-21(14-23)16-27-19(4)25(6-2)29(32-27)17-28(24)31-26;3-2(4,5)1(6)7/h7-17,31H,5-6H2,1-4H3;(H,6,7). The zero-order valence-electron chi connectivity index (χ0n) is 22.6. The van der Waals surface area contributed by atoms with Gasteiger partial charge in [0.25, 0.3) is 0 Å². The highest BCUT2D eigenvalue weighted by atomic mass is 19.4. The number of alkyl halides is 3. The van der Waals surface area contributed by atoms with Crippen LogP contribution in [0, 0.1) is 6.92 Å². The first-order chi connectivity index (χ1) is 18.9. The molecule has 2 aromatic carbocycles. The molecule has 0 spiro atoms. The van der Waals surface area contributed by atoms with Gasteiger partial charge in [0, 0.05) is 21.8 Å². The van der Waals surface area contributed by atoms with E-state index in [-0.39, 0.29) is 5.78 Å². The minimum atomic E-state index is -5.08. The first-order valence-corrected chi connectivity index (χ1v) is 12.9. The second kappa shape index (κ2) is 11.3. The number of hydrogen-bond acceptors (Lipinski definition) is 3. The van der Waals surface area contributed by atoms with E-state index in [0.717, 1.165) is 46.1 Å². The lowest BCUT2D eigenvalue weighted by molar-refractivity contribution is -0.192. The molecule has 0 atom stereocenters. The van der Waals surface area contributed by atoms with Crippen molar-refractivity contribution in [3.8, 4) is 0 Å². The Hall–Kier alpha value is -4.46. The molecule has 2 aliphatic rings. The Kier molecular flexibility index (Phi) is 8.09. The van der Waals surface area contributed by atoms with Crippen LogP contribution in [0.5, 0.6) is 0 Å². The number of aromatic amines is 1. The van der Waals surface area contributed by atoms with Crippen LogP contribution in [-0.2, 0) is 11.2 Å². The molecule has 40 heavy (non-hydrogen) atoms. The lowest BCUT2D eigenvalue weighted by atomic mass is 9.98. The van der Waals surface area contributed by atoms with E-state index in [1.165, 1.54) is 22.3 Å². The number of H-pyrrole nitrogens is 1. The van der Waals surface area contributed by atoms with Crippen LogP contribution in [0.25, 0.3) is 18.2 Å². The number of rotatable bonds is 2. The monoisotopic (exact) mass is 546 g/mol. The quantitative estimate of drug-likeness (QED) is 0.420. The van der Waals surface area contributed by atoms with Crippen molar-refractivity contribution in [1.29, 1.82) is 0 Å². The molecule has 5 nitrogen and oxygen atoms in total. The number of carboxylic acids is 1. The Balaban J connectivity index is 0.000000470. The topological polar surface area (TPSA) is 82.5 Å². The average molecular weight is 547 g/mol. The summed E-state index contributed by atoms with van der Waals surface area (Å²) in [5, 5.41) is 9.31. The zero-order chi connectivity index (χ0) is 29.2. The number of nitrogens with one attached hydrogen (secondary N) is 1. The number of benzene rings is 2. The molecule has 0 unspecified atom stereocenters. The Morgan fingerprint density at radius 1 is 0.900 bits per heavy atom. The fraction of sp³-hybridized carbons (Fsp3) is 0.219. The van der Waals surface area contributed by atoms with E-state index < -0.39 is 12.1 Å². The number of fused-ring (bicyclic) bond motifs is 7. The van der Waals surface area contributed by atoms with E-state index in [4.69, 9.17) is 14.9 Å². The number of nitrogens with zero attached hydrogens (tertiary/aromatic N) is 1. The molecule has 0 saturated heterocycles. The second-order valence-electron chi connectivity index (χ2n) is 9.56. The molecule has 0 radical (unpaired) electrons. The smallest absolute Gasteiger partial charge is 0.475 e. The van der Waals surface area contributed by atoms with Crippen LogP contribution in [0.1, 0.15) is 65.4 Å². The molecule has 0 saturated carbocycles. The molecular weight excluding hydrogens is 517 g/mol. The summed E-state index contributed by atoms with van der Waals surface area (Å²) in [4.78, 5) is 30.8. The van der Waals surface area contributed by atoms with Crippen LogP contribution in [0.2, 0.25) is 0 Å². The number of carboxylic acid groups (broad SMARTS) is 1. The number of aliphatic carboxylic acids is 1. The molecule has 8 heteroatoms. The van der Waals surface area contributed by atoms with Crippen molar-refractivity contribution in [2.45, 2.75) is 46.7 Å². The molecule has 206 valence electrons. The predicted molar refractivity (Wildman–Crippen MR) is 151 cm³/mol. The van der Waals surface area contributed by atoms with Gasteiger partial charge in [0.1, 0.15) is 0 Å². The molecule has 0 aliphatic carbocycles. The van der Waals surface area contributed by atoms with Crippen molar-refractivity contribution < 1.29 is 27.9 Å². The molecule has 8 bridgehead atoms. The van der Waals surface area contributed by atoms with Crippen molar-refractivity contribution >= 4 is 35.7 Å². The van der Waals surface area contributed by atoms with Gasteiger partial charge >= 0.3 is 12.1 Å². The fourth-order valence-electron chi connectivity index (χ4n) is 4.90. The highest BCUT2D eigenvalue weighted by Crippen LogP contribution is 2.30. The summed E-state index contributed by atoms with van der Waals surface area (Å²) < 4.78 is 31.7. The molecule has 0 amide bonds. The molecule has 2 aliphatic heterocycles. The highest BCUT2D eigenvalue weighted by molar-refractivity contribution is 6.23. The lowest BCUT2D eigenvalue weighted by Gasteiger charge is -2.05. The van der Waals surface area contributed by atoms with Crippen LogP contribution in [0.15, 0.2) is 70.4 Å². The summed E-state index contributed by atoms with van der Waals surface area (Å²) in [6.45, 7) is 8.68. The SMILES string of the molecule is CCC1=C(C)C2=Cc3cccc(c3)C(=O)c3cccc(c3)C=c3[nH]c(c(CC)c3C)=CC1=N2.O=C(O)C(F)(F)F. The summed E-state index contributed by atoms with van der Waals surface area (Å²) in [6, 6.07) is 15.7. The summed E-state index contributed by atoms with van der Waals surface area (Å²) in [7, 11) is 0. The number of aliphatic imine (C=N–C) groups is 1. The number of aromatic nitrogens is 1. The van der Waals surface area contributed by atoms with Crippen LogP contribution < -0.4 is 10.7 Å². The van der Waals surface area contributed by atoms with E-state index in [1.54, 1.807) is 0 Å². The van der Waals surface area contributed by atoms with Gasteiger partial charge in [-0.15, -0.1) is 0 Å². The van der Waals surface area contributed by atoms with E-state index >= 15 is 0 Å². The lowest BCUT2D eigenvalue weighted by Crippen LogP contribution is -2.21. The van der Waals surface area contributed by atoms with Crippen LogP contribution in [-0.4, -0.2) is 33.7 Å². The van der Waals surface area contributed by atoms with E-state index in [0.29, 0.717) is 11.1 Å². The van der Waals surface area contributed by atoms with Crippen molar-refractivity contribution in [3.63, 3.8) is 0 Å². The maximum Gasteiger partial charge on any atom is 0.490 e. The number of halogens is 3. The molecule has 3 aromatic rings. The van der Waals surface area contributed by atoms with Crippen molar-refractivity contribution in [3.05, 3.63) is 109 Å². The minimum absolute atomic E-state index is 0.0289. The number of ketones is 1. The maximum atomic E-state index is 13.3. The molecule has 0 fully saturated rings. The third kappa shape index (κ3) is 5.91. The van der Waals surface area contributed by atoms with Gasteiger partial charge in [0.15, 0.2) is 5.78 Å². The first kappa shape index (κ1) is 28.5. The van der Waals surface area contributed by atoms with E-state index in [2.05, 4.69) is 50.9 Å². The van der Waals surface area contributed by atoms with Crippen molar-refractivity contribution in [2.24, 2.45) is 4.99 Å². The second-order valence-corrected chi connectivity index (χ2v) is 9.56. The van der Waals surface area contributed by atoms with Gasteiger partial charge in [-0.25, -0.2) is 9.79 Å². The van der Waals surface area contributed by atoms with Gasteiger partial charge in [-0.3, -0.25) is 4.79 Å². The number of carbonyl (C=O) groups excluding carboxylic acids is 1. The largest absolute Gasteiger partial charge is 0.490 e. The van der Waals surface area contributed by atoms with Crippen molar-refractivity contribution in [2.75, 3.05) is 0 Å². The van der Waals surface area contributed by atoms with Gasteiger partial charge in [-0.1, -0.05) is 50.2 Å². The Bertz CT molecular complexity index is 1720. The summed E-state index contributed by atoms with van der Waals surface area (Å²) >= 11 is 0. The van der Waals surface area contributed by atoms with E-state index in [9.17, 15) is 18.0 Å². The van der Waals surface area contributed by atoms with Gasteiger partial charge < -0.3 is 10.1 Å². The van der Waals surface area contributed by atoms with Crippen LogP contribution >= 0.6 is 0 Å². The summed E-state index contributed by atoms with van der Waals surface area (Å²) in [5.41, 5.74) is 10.4. The maximum absolute atomic E-state index is 13.3. The normalized spacial score (nSPS) is 14.4.